The van der Waals surface area contributed by atoms with Crippen molar-refractivity contribution < 1.29 is 14.3 Å². The number of halogens is 2. The van der Waals surface area contributed by atoms with E-state index >= 15 is 0 Å². The standard InChI is InChI=1S/C28H36Cl2O3/c1-16-12-20(27(3,4)5)25(21(13-16)28(6,7)8)33-26(31)24-17(2)18(24)14-32-15-19-22(29)10-9-11-23(19)30/h9-13,17-18,24H,14-15H2,1-8H3. The van der Waals surface area contributed by atoms with Gasteiger partial charge in [-0.25, -0.2) is 0 Å². The molecule has 0 N–H and O–H groups in total. The number of hydrogen-bond acceptors (Lipinski definition) is 3. The summed E-state index contributed by atoms with van der Waals surface area (Å²) >= 11 is 12.5. The first-order valence-electron chi connectivity index (χ1n) is 11.6. The monoisotopic (exact) mass is 490 g/mol. The second-order valence-electron chi connectivity index (χ2n) is 11.4. The van der Waals surface area contributed by atoms with Gasteiger partial charge in [0.05, 0.1) is 19.1 Å². The molecule has 0 amide bonds. The Morgan fingerprint density at radius 2 is 1.48 bits per heavy atom. The number of aryl methyl sites for hydroxylation is 1. The van der Waals surface area contributed by atoms with Crippen LogP contribution >= 0.6 is 23.2 Å². The summed E-state index contributed by atoms with van der Waals surface area (Å²) in [6, 6.07) is 9.69. The maximum Gasteiger partial charge on any atom is 0.315 e. The molecule has 180 valence electrons. The highest BCUT2D eigenvalue weighted by Gasteiger charge is 2.53. The Morgan fingerprint density at radius 1 is 0.970 bits per heavy atom. The van der Waals surface area contributed by atoms with Crippen LogP contribution in [0, 0.1) is 24.7 Å². The highest BCUT2D eigenvalue weighted by molar-refractivity contribution is 6.35. The molecular weight excluding hydrogens is 455 g/mol. The zero-order valence-electron chi connectivity index (χ0n) is 21.0. The predicted molar refractivity (Wildman–Crippen MR) is 136 cm³/mol. The minimum Gasteiger partial charge on any atom is -0.426 e. The fourth-order valence-electron chi connectivity index (χ4n) is 4.32. The van der Waals surface area contributed by atoms with E-state index in [1.807, 2.05) is 6.07 Å². The van der Waals surface area contributed by atoms with Crippen LogP contribution in [0.25, 0.3) is 0 Å². The molecule has 33 heavy (non-hydrogen) atoms. The SMILES string of the molecule is Cc1cc(C(C)(C)C)c(OC(=O)C2C(C)C2COCc2c(Cl)cccc2Cl)c(C(C)(C)C)c1. The molecule has 1 fully saturated rings. The fraction of sp³-hybridized carbons (Fsp3) is 0.536. The highest BCUT2D eigenvalue weighted by atomic mass is 35.5. The summed E-state index contributed by atoms with van der Waals surface area (Å²) in [5.41, 5.74) is 3.79. The van der Waals surface area contributed by atoms with E-state index in [0.717, 1.165) is 16.7 Å². The number of carbonyl (C=O) groups excluding carboxylic acids is 1. The van der Waals surface area contributed by atoms with Crippen molar-refractivity contribution in [2.45, 2.75) is 72.8 Å². The molecule has 1 aliphatic rings. The van der Waals surface area contributed by atoms with Crippen LogP contribution in [0.3, 0.4) is 0 Å². The first-order valence-corrected chi connectivity index (χ1v) is 12.4. The smallest absolute Gasteiger partial charge is 0.315 e. The molecule has 3 rings (SSSR count). The van der Waals surface area contributed by atoms with E-state index in [9.17, 15) is 4.79 Å². The lowest BCUT2D eigenvalue weighted by Crippen LogP contribution is -2.23. The van der Waals surface area contributed by atoms with Gasteiger partial charge in [-0.05, 0) is 41.7 Å². The lowest BCUT2D eigenvalue weighted by Gasteiger charge is -2.30. The molecule has 3 atom stereocenters. The van der Waals surface area contributed by atoms with Gasteiger partial charge in [0.1, 0.15) is 5.75 Å². The summed E-state index contributed by atoms with van der Waals surface area (Å²) < 4.78 is 12.1. The number of ether oxygens (including phenoxy) is 2. The van der Waals surface area contributed by atoms with Crippen LogP contribution < -0.4 is 4.74 Å². The number of esters is 1. The lowest BCUT2D eigenvalue weighted by atomic mass is 9.78. The van der Waals surface area contributed by atoms with Crippen molar-refractivity contribution in [1.29, 1.82) is 0 Å². The summed E-state index contributed by atoms with van der Waals surface area (Å²) in [5, 5.41) is 1.18. The molecule has 0 spiro atoms. The van der Waals surface area contributed by atoms with Gasteiger partial charge in [-0.3, -0.25) is 4.79 Å². The molecule has 0 heterocycles. The summed E-state index contributed by atoms with van der Waals surface area (Å²) in [4.78, 5) is 13.3. The van der Waals surface area contributed by atoms with Crippen LogP contribution in [-0.4, -0.2) is 12.6 Å². The van der Waals surface area contributed by atoms with Crippen LogP contribution in [0.15, 0.2) is 30.3 Å². The van der Waals surface area contributed by atoms with E-state index in [4.69, 9.17) is 32.7 Å². The summed E-state index contributed by atoms with van der Waals surface area (Å²) in [6.45, 7) is 17.9. The van der Waals surface area contributed by atoms with Crippen LogP contribution in [0.4, 0.5) is 0 Å². The maximum absolute atomic E-state index is 13.3. The van der Waals surface area contributed by atoms with E-state index in [-0.39, 0.29) is 34.6 Å². The number of carbonyl (C=O) groups is 1. The minimum atomic E-state index is -0.174. The van der Waals surface area contributed by atoms with Gasteiger partial charge in [-0.15, -0.1) is 0 Å². The Bertz CT molecular complexity index is 975. The molecule has 3 nitrogen and oxygen atoms in total. The van der Waals surface area contributed by atoms with Gasteiger partial charge in [0, 0.05) is 26.7 Å². The van der Waals surface area contributed by atoms with Crippen molar-refractivity contribution in [3.8, 4) is 5.75 Å². The van der Waals surface area contributed by atoms with Gasteiger partial charge in [0.2, 0.25) is 0 Å². The average molecular weight is 491 g/mol. The first kappa shape index (κ1) is 26.1. The van der Waals surface area contributed by atoms with Crippen LogP contribution in [0.1, 0.15) is 70.7 Å². The number of hydrogen-bond donors (Lipinski definition) is 0. The molecule has 0 radical (unpaired) electrons. The molecule has 0 aliphatic heterocycles. The topological polar surface area (TPSA) is 35.5 Å². The summed E-state index contributed by atoms with van der Waals surface area (Å²) in [7, 11) is 0. The van der Waals surface area contributed by atoms with Gasteiger partial charge < -0.3 is 9.47 Å². The molecule has 0 bridgehead atoms. The zero-order chi connectivity index (χ0) is 24.7. The predicted octanol–water partition coefficient (Wildman–Crippen LogP) is 7.90. The van der Waals surface area contributed by atoms with Crippen molar-refractivity contribution in [3.63, 3.8) is 0 Å². The van der Waals surface area contributed by atoms with Crippen molar-refractivity contribution in [2.75, 3.05) is 6.61 Å². The van der Waals surface area contributed by atoms with E-state index in [1.165, 1.54) is 5.56 Å². The third kappa shape index (κ3) is 5.93. The molecular formula is C28H36Cl2O3. The zero-order valence-corrected chi connectivity index (χ0v) is 22.5. The average Bonchev–Trinajstić information content (AvgIpc) is 3.33. The normalized spacial score (nSPS) is 20.6. The van der Waals surface area contributed by atoms with Gasteiger partial charge in [0.25, 0.3) is 0 Å². The Labute approximate surface area is 208 Å². The van der Waals surface area contributed by atoms with Gasteiger partial charge in [-0.2, -0.15) is 0 Å². The third-order valence-electron chi connectivity index (χ3n) is 6.50. The first-order chi connectivity index (χ1) is 15.2. The largest absolute Gasteiger partial charge is 0.426 e. The van der Waals surface area contributed by atoms with Crippen LogP contribution in [-0.2, 0) is 27.0 Å². The molecule has 2 aromatic carbocycles. The van der Waals surface area contributed by atoms with Crippen molar-refractivity contribution >= 4 is 29.2 Å². The molecule has 1 aliphatic carbocycles. The molecule has 0 aromatic heterocycles. The summed E-state index contributed by atoms with van der Waals surface area (Å²) in [6.07, 6.45) is 0. The van der Waals surface area contributed by atoms with Crippen molar-refractivity contribution in [2.24, 2.45) is 17.8 Å². The van der Waals surface area contributed by atoms with Gasteiger partial charge in [-0.1, -0.05) is 95.4 Å². The summed E-state index contributed by atoms with van der Waals surface area (Å²) in [5.74, 6) is 0.703. The number of rotatable bonds is 6. The molecule has 2 aromatic rings. The second kappa shape index (κ2) is 9.60. The molecule has 3 unspecified atom stereocenters. The van der Waals surface area contributed by atoms with Crippen LogP contribution in [0.5, 0.6) is 5.75 Å². The van der Waals surface area contributed by atoms with E-state index < -0.39 is 0 Å². The van der Waals surface area contributed by atoms with Crippen LogP contribution in [0.2, 0.25) is 10.0 Å². The Kier molecular flexibility index (Phi) is 7.58. The molecule has 1 saturated carbocycles. The molecule has 5 heteroatoms. The Hall–Kier alpha value is -1.55. The van der Waals surface area contributed by atoms with Crippen molar-refractivity contribution in [3.05, 3.63) is 62.6 Å². The number of benzene rings is 2. The lowest BCUT2D eigenvalue weighted by molar-refractivity contribution is -0.136. The van der Waals surface area contributed by atoms with Gasteiger partial charge in [0.15, 0.2) is 0 Å². The van der Waals surface area contributed by atoms with Crippen molar-refractivity contribution in [1.82, 2.24) is 0 Å². The van der Waals surface area contributed by atoms with E-state index in [0.29, 0.717) is 29.0 Å². The highest BCUT2D eigenvalue weighted by Crippen LogP contribution is 2.48. The molecule has 0 saturated heterocycles. The quantitative estimate of drug-likeness (QED) is 0.304. The van der Waals surface area contributed by atoms with E-state index in [2.05, 4.69) is 67.5 Å². The second-order valence-corrected chi connectivity index (χ2v) is 12.2. The Morgan fingerprint density at radius 3 is 1.97 bits per heavy atom. The fourth-order valence-corrected chi connectivity index (χ4v) is 4.83. The van der Waals surface area contributed by atoms with Gasteiger partial charge >= 0.3 is 5.97 Å². The Balaban J connectivity index is 1.74. The maximum atomic E-state index is 13.3. The van der Waals surface area contributed by atoms with E-state index in [1.54, 1.807) is 12.1 Å². The minimum absolute atomic E-state index is 0.125. The third-order valence-corrected chi connectivity index (χ3v) is 7.21.